The maximum Gasteiger partial charge on any atom is 0.312 e. The van der Waals surface area contributed by atoms with Crippen molar-refractivity contribution in [3.63, 3.8) is 0 Å². The van der Waals surface area contributed by atoms with Crippen molar-refractivity contribution >= 4 is 15.8 Å². The summed E-state index contributed by atoms with van der Waals surface area (Å²) in [6.07, 6.45) is 0.441. The van der Waals surface area contributed by atoms with Crippen molar-refractivity contribution in [1.82, 2.24) is 0 Å². The van der Waals surface area contributed by atoms with Gasteiger partial charge in [0.15, 0.2) is 9.84 Å². The maximum absolute atomic E-state index is 11.7. The summed E-state index contributed by atoms with van der Waals surface area (Å²) in [4.78, 5) is 11.3. The SMILES string of the molecule is COCCCS(=O)(=O)CC(C)(C)C(=O)OC. The van der Waals surface area contributed by atoms with Crippen LogP contribution in [0.25, 0.3) is 0 Å². The van der Waals surface area contributed by atoms with Crippen LogP contribution in [0.1, 0.15) is 20.3 Å². The molecule has 0 atom stereocenters. The number of sulfone groups is 1. The van der Waals surface area contributed by atoms with Crippen LogP contribution in [-0.2, 0) is 24.1 Å². The molecular weight excluding hydrogens is 232 g/mol. The summed E-state index contributed by atoms with van der Waals surface area (Å²) in [5.41, 5.74) is -0.999. The molecule has 16 heavy (non-hydrogen) atoms. The predicted molar refractivity (Wildman–Crippen MR) is 60.9 cm³/mol. The van der Waals surface area contributed by atoms with E-state index in [2.05, 4.69) is 4.74 Å². The third-order valence-corrected chi connectivity index (χ3v) is 4.19. The first-order chi connectivity index (χ1) is 7.25. The summed E-state index contributed by atoms with van der Waals surface area (Å²) >= 11 is 0. The lowest BCUT2D eigenvalue weighted by molar-refractivity contribution is -0.149. The van der Waals surface area contributed by atoms with Crippen LogP contribution in [0.2, 0.25) is 0 Å². The molecule has 0 N–H and O–H groups in total. The van der Waals surface area contributed by atoms with Crippen molar-refractivity contribution < 1.29 is 22.7 Å². The van der Waals surface area contributed by atoms with Crippen molar-refractivity contribution in [3.8, 4) is 0 Å². The van der Waals surface area contributed by atoms with Gasteiger partial charge in [0.25, 0.3) is 0 Å². The number of esters is 1. The Morgan fingerprint density at radius 3 is 2.25 bits per heavy atom. The third-order valence-electron chi connectivity index (χ3n) is 2.12. The van der Waals surface area contributed by atoms with Gasteiger partial charge in [-0.05, 0) is 20.3 Å². The first-order valence-electron chi connectivity index (χ1n) is 5.03. The molecule has 0 saturated carbocycles. The molecule has 0 aromatic heterocycles. The predicted octanol–water partition coefficient (Wildman–Crippen LogP) is 0.637. The Balaban J connectivity index is 4.40. The van der Waals surface area contributed by atoms with E-state index in [1.165, 1.54) is 14.2 Å². The highest BCUT2D eigenvalue weighted by molar-refractivity contribution is 7.91. The molecule has 0 saturated heterocycles. The average Bonchev–Trinajstić information content (AvgIpc) is 2.15. The Bertz CT molecular complexity index is 318. The molecule has 0 bridgehead atoms. The lowest BCUT2D eigenvalue weighted by Gasteiger charge is -2.20. The largest absolute Gasteiger partial charge is 0.469 e. The van der Waals surface area contributed by atoms with E-state index in [1.807, 2.05) is 0 Å². The number of rotatable bonds is 7. The number of hydrogen-bond acceptors (Lipinski definition) is 5. The van der Waals surface area contributed by atoms with E-state index < -0.39 is 21.2 Å². The number of ether oxygens (including phenoxy) is 2. The van der Waals surface area contributed by atoms with E-state index in [0.29, 0.717) is 13.0 Å². The van der Waals surface area contributed by atoms with Crippen molar-refractivity contribution in [2.24, 2.45) is 5.41 Å². The number of hydrogen-bond donors (Lipinski definition) is 0. The highest BCUT2D eigenvalue weighted by Crippen LogP contribution is 2.20. The first-order valence-corrected chi connectivity index (χ1v) is 6.85. The smallest absolute Gasteiger partial charge is 0.312 e. The Kier molecular flexibility index (Phi) is 5.96. The molecule has 5 nitrogen and oxygen atoms in total. The van der Waals surface area contributed by atoms with E-state index in [4.69, 9.17) is 4.74 Å². The van der Waals surface area contributed by atoms with Gasteiger partial charge in [-0.1, -0.05) is 0 Å². The first kappa shape index (κ1) is 15.4. The van der Waals surface area contributed by atoms with Crippen molar-refractivity contribution in [2.45, 2.75) is 20.3 Å². The molecule has 0 amide bonds. The summed E-state index contributed by atoms with van der Waals surface area (Å²) in [6, 6.07) is 0. The Morgan fingerprint density at radius 1 is 1.25 bits per heavy atom. The van der Waals surface area contributed by atoms with E-state index in [0.717, 1.165) is 0 Å². The van der Waals surface area contributed by atoms with Gasteiger partial charge in [-0.3, -0.25) is 4.79 Å². The molecule has 0 aliphatic rings. The molecule has 0 aliphatic carbocycles. The van der Waals surface area contributed by atoms with Crippen LogP contribution in [-0.4, -0.2) is 46.7 Å². The third kappa shape index (κ3) is 5.46. The average molecular weight is 252 g/mol. The highest BCUT2D eigenvalue weighted by atomic mass is 32.2. The monoisotopic (exact) mass is 252 g/mol. The molecule has 0 aromatic carbocycles. The van der Waals surface area contributed by atoms with E-state index in [-0.39, 0.29) is 11.5 Å². The lowest BCUT2D eigenvalue weighted by atomic mass is 9.97. The van der Waals surface area contributed by atoms with Gasteiger partial charge in [-0.25, -0.2) is 8.42 Å². The van der Waals surface area contributed by atoms with Gasteiger partial charge in [0.05, 0.1) is 24.0 Å². The second kappa shape index (κ2) is 6.20. The molecule has 0 heterocycles. The fourth-order valence-electron chi connectivity index (χ4n) is 1.38. The summed E-state index contributed by atoms with van der Waals surface area (Å²) in [7, 11) is -0.477. The second-order valence-corrected chi connectivity index (χ2v) is 6.50. The van der Waals surface area contributed by atoms with Gasteiger partial charge >= 0.3 is 5.97 Å². The Morgan fingerprint density at radius 2 is 1.81 bits per heavy atom. The second-order valence-electron chi connectivity index (χ2n) is 4.31. The lowest BCUT2D eigenvalue weighted by Crippen LogP contribution is -2.34. The summed E-state index contributed by atoms with van der Waals surface area (Å²) in [5.74, 6) is -0.680. The topological polar surface area (TPSA) is 69.7 Å². The summed E-state index contributed by atoms with van der Waals surface area (Å²) in [6.45, 7) is 3.53. The molecule has 0 radical (unpaired) electrons. The van der Waals surface area contributed by atoms with Gasteiger partial charge < -0.3 is 9.47 Å². The summed E-state index contributed by atoms with van der Waals surface area (Å²) in [5, 5.41) is 0. The van der Waals surface area contributed by atoms with E-state index >= 15 is 0 Å². The molecule has 0 fully saturated rings. The fraction of sp³-hybridized carbons (Fsp3) is 0.900. The van der Waals surface area contributed by atoms with Gasteiger partial charge in [0.1, 0.15) is 0 Å². The van der Waals surface area contributed by atoms with Crippen LogP contribution in [0.5, 0.6) is 0 Å². The van der Waals surface area contributed by atoms with Crippen LogP contribution < -0.4 is 0 Å². The van der Waals surface area contributed by atoms with Crippen LogP contribution in [0.4, 0.5) is 0 Å². The van der Waals surface area contributed by atoms with Crippen molar-refractivity contribution in [1.29, 1.82) is 0 Å². The molecule has 0 aromatic rings. The van der Waals surface area contributed by atoms with Gasteiger partial charge in [-0.15, -0.1) is 0 Å². The highest BCUT2D eigenvalue weighted by Gasteiger charge is 2.34. The van der Waals surface area contributed by atoms with Gasteiger partial charge in [-0.2, -0.15) is 0 Å². The molecule has 0 rings (SSSR count). The quantitative estimate of drug-likeness (QED) is 0.491. The van der Waals surface area contributed by atoms with Crippen LogP contribution in [0.3, 0.4) is 0 Å². The zero-order chi connectivity index (χ0) is 12.8. The number of carbonyl (C=O) groups is 1. The molecule has 6 heteroatoms. The van der Waals surface area contributed by atoms with Crippen LogP contribution >= 0.6 is 0 Å². The van der Waals surface area contributed by atoms with E-state index in [1.54, 1.807) is 13.8 Å². The minimum Gasteiger partial charge on any atom is -0.469 e. The van der Waals surface area contributed by atoms with Crippen molar-refractivity contribution in [2.75, 3.05) is 32.3 Å². The maximum atomic E-state index is 11.7. The molecule has 0 unspecified atom stereocenters. The minimum atomic E-state index is -3.25. The molecule has 0 aliphatic heterocycles. The van der Waals surface area contributed by atoms with E-state index in [9.17, 15) is 13.2 Å². The zero-order valence-electron chi connectivity index (χ0n) is 10.3. The normalized spacial score (nSPS) is 12.5. The van der Waals surface area contributed by atoms with Crippen LogP contribution in [0.15, 0.2) is 0 Å². The Hall–Kier alpha value is -0.620. The fourth-order valence-corrected chi connectivity index (χ4v) is 3.30. The number of carbonyl (C=O) groups excluding carboxylic acids is 1. The molecule has 96 valence electrons. The number of methoxy groups -OCH3 is 2. The zero-order valence-corrected chi connectivity index (χ0v) is 11.1. The molecular formula is C10H20O5S. The molecule has 0 spiro atoms. The summed E-state index contributed by atoms with van der Waals surface area (Å²) < 4.78 is 32.7. The standard InChI is InChI=1S/C10H20O5S/c1-10(2,9(11)15-4)8-16(12,13)7-5-6-14-3/h5-8H2,1-4H3. The van der Waals surface area contributed by atoms with Gasteiger partial charge in [0, 0.05) is 13.7 Å². The van der Waals surface area contributed by atoms with Crippen LogP contribution in [0, 0.1) is 5.41 Å². The van der Waals surface area contributed by atoms with Crippen molar-refractivity contribution in [3.05, 3.63) is 0 Å². The Labute approximate surface area is 97.0 Å². The van der Waals surface area contributed by atoms with Gasteiger partial charge in [0.2, 0.25) is 0 Å². The minimum absolute atomic E-state index is 0.0290.